The van der Waals surface area contributed by atoms with Crippen LogP contribution in [0.5, 0.6) is 5.75 Å². The SMILES string of the molecule is CC(c1cccc(C(=O)O)c1)C(C(=O)OC(C)(C)C)C(=O)c1ccccc1O. The second kappa shape index (κ2) is 8.25. The van der Waals surface area contributed by atoms with Crippen molar-refractivity contribution in [3.63, 3.8) is 0 Å². The van der Waals surface area contributed by atoms with Gasteiger partial charge >= 0.3 is 11.9 Å². The van der Waals surface area contributed by atoms with Gasteiger partial charge in [0.2, 0.25) is 0 Å². The number of carbonyl (C=O) groups is 3. The number of carboxylic acids is 1. The van der Waals surface area contributed by atoms with Crippen LogP contribution in [0.2, 0.25) is 0 Å². The van der Waals surface area contributed by atoms with Gasteiger partial charge in [-0.15, -0.1) is 0 Å². The number of benzene rings is 2. The molecular formula is C22H24O6. The van der Waals surface area contributed by atoms with Gasteiger partial charge in [0.15, 0.2) is 5.78 Å². The lowest BCUT2D eigenvalue weighted by Gasteiger charge is -2.27. The Morgan fingerprint density at radius 2 is 1.64 bits per heavy atom. The van der Waals surface area contributed by atoms with Crippen molar-refractivity contribution in [2.24, 2.45) is 5.92 Å². The predicted octanol–water partition coefficient (Wildman–Crippen LogP) is 4.03. The molecule has 2 rings (SSSR count). The molecule has 0 saturated heterocycles. The molecule has 0 aliphatic heterocycles. The number of hydrogen-bond acceptors (Lipinski definition) is 5. The molecule has 0 spiro atoms. The summed E-state index contributed by atoms with van der Waals surface area (Å²) in [6.45, 7) is 6.75. The van der Waals surface area contributed by atoms with Crippen LogP contribution in [0, 0.1) is 5.92 Å². The number of para-hydroxylation sites is 1. The van der Waals surface area contributed by atoms with Crippen molar-refractivity contribution in [2.75, 3.05) is 0 Å². The molecule has 6 heteroatoms. The fourth-order valence-corrected chi connectivity index (χ4v) is 2.90. The number of Topliss-reactive ketones (excluding diaryl/α,β-unsaturated/α-hetero) is 1. The Morgan fingerprint density at radius 3 is 2.21 bits per heavy atom. The van der Waals surface area contributed by atoms with Crippen LogP contribution in [0.15, 0.2) is 48.5 Å². The summed E-state index contributed by atoms with van der Waals surface area (Å²) in [5, 5.41) is 19.3. The van der Waals surface area contributed by atoms with Gasteiger partial charge in [-0.3, -0.25) is 9.59 Å². The average Bonchev–Trinajstić information content (AvgIpc) is 2.60. The summed E-state index contributed by atoms with van der Waals surface area (Å²) in [6.07, 6.45) is 0. The first-order valence-corrected chi connectivity index (χ1v) is 8.89. The fourth-order valence-electron chi connectivity index (χ4n) is 2.90. The second-order valence-electron chi connectivity index (χ2n) is 7.61. The lowest BCUT2D eigenvalue weighted by molar-refractivity contribution is -0.158. The molecule has 0 saturated carbocycles. The van der Waals surface area contributed by atoms with Crippen LogP contribution in [-0.4, -0.2) is 33.5 Å². The maximum absolute atomic E-state index is 13.1. The molecule has 2 aromatic carbocycles. The Kier molecular flexibility index (Phi) is 6.23. The Labute approximate surface area is 163 Å². The maximum atomic E-state index is 13.1. The Hall–Kier alpha value is -3.15. The molecular weight excluding hydrogens is 360 g/mol. The number of carbonyl (C=O) groups excluding carboxylic acids is 2. The van der Waals surface area contributed by atoms with Crippen molar-refractivity contribution < 1.29 is 29.3 Å². The third kappa shape index (κ3) is 4.97. The molecule has 0 aliphatic carbocycles. The monoisotopic (exact) mass is 384 g/mol. The number of aromatic hydroxyl groups is 1. The van der Waals surface area contributed by atoms with E-state index in [1.165, 1.54) is 24.3 Å². The first-order valence-electron chi connectivity index (χ1n) is 8.89. The number of hydrogen-bond donors (Lipinski definition) is 2. The molecule has 0 bridgehead atoms. The van der Waals surface area contributed by atoms with Gasteiger partial charge in [0, 0.05) is 5.92 Å². The zero-order valence-electron chi connectivity index (χ0n) is 16.3. The molecule has 2 atom stereocenters. The van der Waals surface area contributed by atoms with Gasteiger partial charge in [-0.2, -0.15) is 0 Å². The molecule has 0 fully saturated rings. The molecule has 28 heavy (non-hydrogen) atoms. The topological polar surface area (TPSA) is 101 Å². The first kappa shape index (κ1) is 21.2. The van der Waals surface area contributed by atoms with Gasteiger partial charge in [-0.25, -0.2) is 4.79 Å². The molecule has 6 nitrogen and oxygen atoms in total. The number of phenols is 1. The zero-order valence-corrected chi connectivity index (χ0v) is 16.3. The van der Waals surface area contributed by atoms with Crippen LogP contribution in [0.25, 0.3) is 0 Å². The second-order valence-corrected chi connectivity index (χ2v) is 7.61. The van der Waals surface area contributed by atoms with E-state index in [1.807, 2.05) is 0 Å². The highest BCUT2D eigenvalue weighted by Gasteiger charge is 2.38. The normalized spacial score (nSPS) is 13.4. The van der Waals surface area contributed by atoms with Crippen molar-refractivity contribution in [1.29, 1.82) is 0 Å². The molecule has 2 aromatic rings. The molecule has 0 aromatic heterocycles. The molecule has 0 heterocycles. The van der Waals surface area contributed by atoms with E-state index in [9.17, 15) is 24.6 Å². The first-order chi connectivity index (χ1) is 13.0. The van der Waals surface area contributed by atoms with Gasteiger partial charge in [0.1, 0.15) is 17.3 Å². The van der Waals surface area contributed by atoms with E-state index >= 15 is 0 Å². The van der Waals surface area contributed by atoms with E-state index in [0.29, 0.717) is 5.56 Å². The van der Waals surface area contributed by atoms with Crippen LogP contribution >= 0.6 is 0 Å². The van der Waals surface area contributed by atoms with Gasteiger partial charge in [-0.05, 0) is 50.6 Å². The summed E-state index contributed by atoms with van der Waals surface area (Å²) in [5.41, 5.74) is -0.224. The predicted molar refractivity (Wildman–Crippen MR) is 104 cm³/mol. The van der Waals surface area contributed by atoms with E-state index in [4.69, 9.17) is 4.74 Å². The Bertz CT molecular complexity index is 894. The summed E-state index contributed by atoms with van der Waals surface area (Å²) >= 11 is 0. The van der Waals surface area contributed by atoms with Crippen molar-refractivity contribution in [1.82, 2.24) is 0 Å². The molecule has 148 valence electrons. The van der Waals surface area contributed by atoms with Crippen LogP contribution in [0.3, 0.4) is 0 Å². The van der Waals surface area contributed by atoms with E-state index in [0.717, 1.165) is 0 Å². The molecule has 0 amide bonds. The zero-order chi connectivity index (χ0) is 21.1. The summed E-state index contributed by atoms with van der Waals surface area (Å²) in [6, 6.07) is 12.1. The van der Waals surface area contributed by atoms with E-state index in [-0.39, 0.29) is 16.9 Å². The van der Waals surface area contributed by atoms with Crippen LogP contribution in [-0.2, 0) is 9.53 Å². The highest BCUT2D eigenvalue weighted by molar-refractivity contribution is 6.10. The van der Waals surface area contributed by atoms with Gasteiger partial charge in [0.05, 0.1) is 11.1 Å². The molecule has 0 aliphatic rings. The largest absolute Gasteiger partial charge is 0.507 e. The third-order valence-electron chi connectivity index (χ3n) is 4.27. The van der Waals surface area contributed by atoms with Gasteiger partial charge < -0.3 is 14.9 Å². The van der Waals surface area contributed by atoms with Crippen LogP contribution in [0.4, 0.5) is 0 Å². The van der Waals surface area contributed by atoms with Crippen LogP contribution < -0.4 is 0 Å². The Morgan fingerprint density at radius 1 is 1.00 bits per heavy atom. The number of esters is 1. The minimum absolute atomic E-state index is 0.0135. The van der Waals surface area contributed by atoms with E-state index < -0.39 is 35.2 Å². The minimum Gasteiger partial charge on any atom is -0.507 e. The quantitative estimate of drug-likeness (QED) is 0.443. The van der Waals surface area contributed by atoms with Crippen molar-refractivity contribution in [3.8, 4) is 5.75 Å². The standard InChI is InChI=1S/C22H24O6/c1-13(14-8-7-9-15(12-14)20(25)26)18(21(27)28-22(2,3)4)19(24)16-10-5-6-11-17(16)23/h5-13,18,23H,1-4H3,(H,25,26). The number of ether oxygens (including phenoxy) is 1. The number of carboxylic acid groups (broad SMARTS) is 1. The Balaban J connectivity index is 2.50. The third-order valence-corrected chi connectivity index (χ3v) is 4.27. The number of aromatic carboxylic acids is 1. The van der Waals surface area contributed by atoms with Crippen LogP contribution in [0.1, 0.15) is 59.9 Å². The summed E-state index contributed by atoms with van der Waals surface area (Å²) in [4.78, 5) is 37.3. The summed E-state index contributed by atoms with van der Waals surface area (Å²) in [5.74, 6) is -4.55. The minimum atomic E-state index is -1.24. The number of ketones is 1. The molecule has 2 unspecified atom stereocenters. The smallest absolute Gasteiger partial charge is 0.335 e. The van der Waals surface area contributed by atoms with Crippen molar-refractivity contribution in [2.45, 2.75) is 39.2 Å². The lowest BCUT2D eigenvalue weighted by Crippen LogP contribution is -2.35. The van der Waals surface area contributed by atoms with Gasteiger partial charge in [0.25, 0.3) is 0 Å². The highest BCUT2D eigenvalue weighted by Crippen LogP contribution is 2.32. The summed E-state index contributed by atoms with van der Waals surface area (Å²) in [7, 11) is 0. The summed E-state index contributed by atoms with van der Waals surface area (Å²) < 4.78 is 5.44. The fraction of sp³-hybridized carbons (Fsp3) is 0.318. The highest BCUT2D eigenvalue weighted by atomic mass is 16.6. The van der Waals surface area contributed by atoms with Gasteiger partial charge in [-0.1, -0.05) is 31.2 Å². The number of rotatable bonds is 6. The lowest BCUT2D eigenvalue weighted by atomic mass is 9.81. The van der Waals surface area contributed by atoms with E-state index in [2.05, 4.69) is 0 Å². The number of phenolic OH excluding ortho intramolecular Hbond substituents is 1. The van der Waals surface area contributed by atoms with E-state index in [1.54, 1.807) is 52.0 Å². The van der Waals surface area contributed by atoms with Crippen molar-refractivity contribution in [3.05, 3.63) is 65.2 Å². The molecule has 2 N–H and O–H groups in total. The van der Waals surface area contributed by atoms with Crippen molar-refractivity contribution >= 4 is 17.7 Å². The average molecular weight is 384 g/mol. The maximum Gasteiger partial charge on any atom is 0.335 e. The molecule has 0 radical (unpaired) electrons.